The van der Waals surface area contributed by atoms with E-state index in [2.05, 4.69) is 0 Å². The summed E-state index contributed by atoms with van der Waals surface area (Å²) >= 11 is 0. The molecule has 0 saturated heterocycles. The van der Waals surface area contributed by atoms with Crippen LogP contribution in [-0.2, 0) is 0 Å². The molecule has 4 heteroatoms. The Labute approximate surface area is 93.6 Å². The van der Waals surface area contributed by atoms with Crippen LogP contribution in [0, 0.1) is 6.92 Å². The zero-order chi connectivity index (χ0) is 11.7. The number of fused-ring (bicyclic) bond motifs is 1. The summed E-state index contributed by atoms with van der Waals surface area (Å²) in [5, 5.41) is 10.7. The number of aliphatic hydroxyl groups is 1. The van der Waals surface area contributed by atoms with Crippen molar-refractivity contribution in [1.29, 1.82) is 0 Å². The van der Waals surface area contributed by atoms with Crippen molar-refractivity contribution in [3.63, 3.8) is 0 Å². The van der Waals surface area contributed by atoms with Crippen molar-refractivity contribution < 1.29 is 14.3 Å². The van der Waals surface area contributed by atoms with Gasteiger partial charge >= 0.3 is 0 Å². The van der Waals surface area contributed by atoms with E-state index in [0.29, 0.717) is 5.75 Å². The van der Waals surface area contributed by atoms with Crippen LogP contribution in [0.4, 0.5) is 0 Å². The summed E-state index contributed by atoms with van der Waals surface area (Å²) < 4.78 is 10.7. The fourth-order valence-electron chi connectivity index (χ4n) is 1.97. The van der Waals surface area contributed by atoms with Crippen LogP contribution < -0.4 is 10.5 Å². The minimum atomic E-state index is -0.714. The van der Waals surface area contributed by atoms with E-state index in [9.17, 15) is 5.11 Å². The summed E-state index contributed by atoms with van der Waals surface area (Å²) in [6.07, 6.45) is 0.889. The van der Waals surface area contributed by atoms with Crippen molar-refractivity contribution in [2.24, 2.45) is 5.73 Å². The van der Waals surface area contributed by atoms with Crippen LogP contribution in [0.25, 0.3) is 11.0 Å². The van der Waals surface area contributed by atoms with E-state index in [4.69, 9.17) is 14.9 Å². The molecular formula is C12H15NO3. The molecule has 0 aliphatic heterocycles. The highest BCUT2D eigenvalue weighted by atomic mass is 16.5. The molecule has 1 atom stereocenters. The Morgan fingerprint density at radius 1 is 1.56 bits per heavy atom. The minimum absolute atomic E-state index is 0.167. The molecule has 1 unspecified atom stereocenters. The molecule has 0 aliphatic carbocycles. The van der Waals surface area contributed by atoms with Gasteiger partial charge < -0.3 is 20.0 Å². The first-order valence-electron chi connectivity index (χ1n) is 5.11. The smallest absolute Gasteiger partial charge is 0.137 e. The van der Waals surface area contributed by atoms with Crippen LogP contribution in [0.1, 0.15) is 17.2 Å². The van der Waals surface area contributed by atoms with Gasteiger partial charge in [-0.1, -0.05) is 0 Å². The fourth-order valence-corrected chi connectivity index (χ4v) is 1.97. The molecule has 86 valence electrons. The molecule has 0 saturated carbocycles. The lowest BCUT2D eigenvalue weighted by Crippen LogP contribution is -2.14. The lowest BCUT2D eigenvalue weighted by Gasteiger charge is -2.16. The Morgan fingerprint density at radius 2 is 2.31 bits per heavy atom. The second kappa shape index (κ2) is 4.15. The van der Waals surface area contributed by atoms with Gasteiger partial charge in [0.05, 0.1) is 24.9 Å². The maximum Gasteiger partial charge on any atom is 0.137 e. The lowest BCUT2D eigenvalue weighted by atomic mass is 9.99. The number of aryl methyl sites for hydroxylation is 1. The molecule has 3 N–H and O–H groups in total. The summed E-state index contributed by atoms with van der Waals surface area (Å²) in [4.78, 5) is 0. The van der Waals surface area contributed by atoms with Gasteiger partial charge in [0.1, 0.15) is 11.3 Å². The van der Waals surface area contributed by atoms with Crippen molar-refractivity contribution in [1.82, 2.24) is 0 Å². The number of benzene rings is 1. The molecule has 0 fully saturated rings. The standard InChI is InChI=1S/C12H15NO3/c1-7-5-10-8(3-4-16-10)12(15-2)11(7)9(14)6-13/h3-5,9,14H,6,13H2,1-2H3. The predicted molar refractivity (Wildman–Crippen MR) is 61.5 cm³/mol. The molecule has 0 radical (unpaired) electrons. The Bertz CT molecular complexity index is 504. The molecule has 0 aliphatic rings. The Balaban J connectivity index is 2.74. The summed E-state index contributed by atoms with van der Waals surface area (Å²) in [7, 11) is 1.58. The normalized spacial score (nSPS) is 13.0. The second-order valence-corrected chi connectivity index (χ2v) is 3.72. The molecule has 0 amide bonds. The van der Waals surface area contributed by atoms with Gasteiger partial charge in [-0.25, -0.2) is 0 Å². The molecule has 1 aromatic carbocycles. The Morgan fingerprint density at radius 3 is 2.94 bits per heavy atom. The molecule has 2 aromatic rings. The first kappa shape index (κ1) is 11.0. The average Bonchev–Trinajstić information content (AvgIpc) is 2.73. The van der Waals surface area contributed by atoms with Crippen molar-refractivity contribution in [3.8, 4) is 5.75 Å². The van der Waals surface area contributed by atoms with Gasteiger partial charge in [-0.3, -0.25) is 0 Å². The van der Waals surface area contributed by atoms with E-state index in [1.54, 1.807) is 13.4 Å². The number of ether oxygens (including phenoxy) is 1. The van der Waals surface area contributed by atoms with Crippen molar-refractivity contribution in [2.45, 2.75) is 13.0 Å². The lowest BCUT2D eigenvalue weighted by molar-refractivity contribution is 0.181. The van der Waals surface area contributed by atoms with Crippen molar-refractivity contribution >= 4 is 11.0 Å². The van der Waals surface area contributed by atoms with Crippen LogP contribution in [0.15, 0.2) is 22.8 Å². The SMILES string of the molecule is COc1c(C(O)CN)c(C)cc2occc12. The molecule has 0 spiro atoms. The molecule has 1 aromatic heterocycles. The first-order chi connectivity index (χ1) is 7.69. The van der Waals surface area contributed by atoms with Gasteiger partial charge in [0.15, 0.2) is 0 Å². The van der Waals surface area contributed by atoms with Gasteiger partial charge in [0.2, 0.25) is 0 Å². The van der Waals surface area contributed by atoms with Crippen molar-refractivity contribution in [3.05, 3.63) is 29.5 Å². The van der Waals surface area contributed by atoms with Gasteiger partial charge in [0.25, 0.3) is 0 Å². The summed E-state index contributed by atoms with van der Waals surface area (Å²) in [5.41, 5.74) is 7.89. The number of aliphatic hydroxyl groups excluding tert-OH is 1. The quantitative estimate of drug-likeness (QED) is 0.828. The van der Waals surface area contributed by atoms with Gasteiger partial charge in [-0.15, -0.1) is 0 Å². The summed E-state index contributed by atoms with van der Waals surface area (Å²) in [6.45, 7) is 2.07. The van der Waals surface area contributed by atoms with Crippen molar-refractivity contribution in [2.75, 3.05) is 13.7 Å². The highest BCUT2D eigenvalue weighted by Crippen LogP contribution is 2.36. The topological polar surface area (TPSA) is 68.6 Å². The first-order valence-corrected chi connectivity index (χ1v) is 5.11. The van der Waals surface area contributed by atoms with Crippen LogP contribution in [0.2, 0.25) is 0 Å². The minimum Gasteiger partial charge on any atom is -0.496 e. The second-order valence-electron chi connectivity index (χ2n) is 3.72. The predicted octanol–water partition coefficient (Wildman–Crippen LogP) is 1.74. The molecular weight excluding hydrogens is 206 g/mol. The highest BCUT2D eigenvalue weighted by molar-refractivity contribution is 5.86. The van der Waals surface area contributed by atoms with E-state index in [0.717, 1.165) is 22.1 Å². The molecule has 16 heavy (non-hydrogen) atoms. The van der Waals surface area contributed by atoms with E-state index in [-0.39, 0.29) is 6.54 Å². The van der Waals surface area contributed by atoms with Gasteiger partial charge in [0, 0.05) is 12.1 Å². The Kier molecular flexibility index (Phi) is 2.85. The van der Waals surface area contributed by atoms with Crippen LogP contribution in [0.3, 0.4) is 0 Å². The monoisotopic (exact) mass is 221 g/mol. The maximum atomic E-state index is 9.88. The zero-order valence-electron chi connectivity index (χ0n) is 9.36. The summed E-state index contributed by atoms with van der Waals surface area (Å²) in [6, 6.07) is 3.70. The molecule has 0 bridgehead atoms. The largest absolute Gasteiger partial charge is 0.496 e. The number of rotatable bonds is 3. The highest BCUT2D eigenvalue weighted by Gasteiger charge is 2.19. The fraction of sp³-hybridized carbons (Fsp3) is 0.333. The average molecular weight is 221 g/mol. The Hall–Kier alpha value is -1.52. The zero-order valence-corrected chi connectivity index (χ0v) is 9.36. The molecule has 2 rings (SSSR count). The number of hydrogen-bond donors (Lipinski definition) is 2. The number of nitrogens with two attached hydrogens (primary N) is 1. The van der Waals surface area contributed by atoms with Crippen LogP contribution >= 0.6 is 0 Å². The van der Waals surface area contributed by atoms with Crippen LogP contribution in [-0.4, -0.2) is 18.8 Å². The van der Waals surface area contributed by atoms with E-state index >= 15 is 0 Å². The third-order valence-corrected chi connectivity index (χ3v) is 2.72. The number of methoxy groups -OCH3 is 1. The molecule has 4 nitrogen and oxygen atoms in total. The van der Waals surface area contributed by atoms with Gasteiger partial charge in [-0.05, 0) is 24.6 Å². The van der Waals surface area contributed by atoms with E-state index < -0.39 is 6.10 Å². The van der Waals surface area contributed by atoms with Crippen LogP contribution in [0.5, 0.6) is 5.75 Å². The third-order valence-electron chi connectivity index (χ3n) is 2.72. The maximum absolute atomic E-state index is 9.88. The molecule has 1 heterocycles. The van der Waals surface area contributed by atoms with Gasteiger partial charge in [-0.2, -0.15) is 0 Å². The van der Waals surface area contributed by atoms with E-state index in [1.807, 2.05) is 19.1 Å². The number of hydrogen-bond acceptors (Lipinski definition) is 4. The summed E-state index contributed by atoms with van der Waals surface area (Å²) in [5.74, 6) is 0.640. The van der Waals surface area contributed by atoms with E-state index in [1.165, 1.54) is 0 Å². The third kappa shape index (κ3) is 1.56. The number of furan rings is 1.